The molecular formula is C7H10F2N2S. The summed E-state index contributed by atoms with van der Waals surface area (Å²) in [5, 5.41) is 4.51. The highest BCUT2D eigenvalue weighted by molar-refractivity contribution is 7.99. The van der Waals surface area contributed by atoms with Crippen molar-refractivity contribution >= 4 is 11.8 Å². The molecule has 0 aromatic carbocycles. The third-order valence-electron chi connectivity index (χ3n) is 1.46. The topological polar surface area (TPSA) is 17.8 Å². The first-order chi connectivity index (χ1) is 5.65. The van der Waals surface area contributed by atoms with Crippen LogP contribution in [0.2, 0.25) is 0 Å². The molecule has 0 unspecified atom stereocenters. The Kier molecular flexibility index (Phi) is 3.08. The van der Waals surface area contributed by atoms with Gasteiger partial charge in [0, 0.05) is 12.1 Å². The van der Waals surface area contributed by atoms with Crippen molar-refractivity contribution in [1.29, 1.82) is 0 Å². The highest BCUT2D eigenvalue weighted by Gasteiger charge is 2.12. The number of rotatable bonds is 3. The van der Waals surface area contributed by atoms with E-state index in [1.807, 2.05) is 6.92 Å². The molecule has 0 aliphatic carbocycles. The summed E-state index contributed by atoms with van der Waals surface area (Å²) in [6.07, 6.45) is 1.61. The zero-order valence-electron chi connectivity index (χ0n) is 6.92. The molecule has 0 saturated carbocycles. The van der Waals surface area contributed by atoms with Gasteiger partial charge in [-0.2, -0.15) is 13.9 Å². The van der Waals surface area contributed by atoms with Crippen molar-refractivity contribution in [3.63, 3.8) is 0 Å². The van der Waals surface area contributed by atoms with Crippen LogP contribution in [0.25, 0.3) is 0 Å². The summed E-state index contributed by atoms with van der Waals surface area (Å²) >= 11 is 0.550. The molecule has 0 aliphatic heterocycles. The lowest BCUT2D eigenvalue weighted by Gasteiger charge is -2.03. The van der Waals surface area contributed by atoms with Crippen LogP contribution in [0, 0.1) is 6.92 Å². The maximum atomic E-state index is 12.0. The summed E-state index contributed by atoms with van der Waals surface area (Å²) in [6.45, 7) is 4.29. The molecule has 5 heteroatoms. The van der Waals surface area contributed by atoms with Crippen LogP contribution >= 0.6 is 11.8 Å². The van der Waals surface area contributed by atoms with E-state index in [2.05, 4.69) is 5.10 Å². The number of halogens is 2. The molecule has 0 saturated heterocycles. The van der Waals surface area contributed by atoms with Gasteiger partial charge in [0.15, 0.2) is 0 Å². The van der Waals surface area contributed by atoms with Gasteiger partial charge in [0.25, 0.3) is 5.76 Å². The summed E-state index contributed by atoms with van der Waals surface area (Å²) in [5.74, 6) is -2.37. The summed E-state index contributed by atoms with van der Waals surface area (Å²) in [7, 11) is 0. The Morgan fingerprint density at radius 3 is 2.83 bits per heavy atom. The van der Waals surface area contributed by atoms with Crippen LogP contribution in [0.4, 0.5) is 8.78 Å². The van der Waals surface area contributed by atoms with Gasteiger partial charge >= 0.3 is 0 Å². The van der Waals surface area contributed by atoms with E-state index in [1.165, 1.54) is 0 Å². The SMILES string of the molecule is CCn1ncc(C)c1SC(F)F. The van der Waals surface area contributed by atoms with E-state index < -0.39 is 5.76 Å². The lowest BCUT2D eigenvalue weighted by molar-refractivity contribution is 0.251. The quantitative estimate of drug-likeness (QED) is 0.685. The van der Waals surface area contributed by atoms with Gasteiger partial charge in [0.1, 0.15) is 5.03 Å². The third kappa shape index (κ3) is 1.97. The molecule has 1 aromatic rings. The summed E-state index contributed by atoms with van der Waals surface area (Å²) in [6, 6.07) is 0. The van der Waals surface area contributed by atoms with Gasteiger partial charge in [-0.1, -0.05) is 0 Å². The van der Waals surface area contributed by atoms with Gasteiger partial charge in [0.2, 0.25) is 0 Å². The van der Waals surface area contributed by atoms with Gasteiger partial charge in [-0.3, -0.25) is 4.68 Å². The van der Waals surface area contributed by atoms with Crippen LogP contribution in [0.15, 0.2) is 11.2 Å². The largest absolute Gasteiger partial charge is 0.290 e. The Morgan fingerprint density at radius 1 is 1.67 bits per heavy atom. The van der Waals surface area contributed by atoms with Crippen molar-refractivity contribution in [2.75, 3.05) is 0 Å². The third-order valence-corrected chi connectivity index (χ3v) is 2.40. The fourth-order valence-corrected chi connectivity index (χ4v) is 1.64. The van der Waals surface area contributed by atoms with Crippen LogP contribution in [-0.4, -0.2) is 15.5 Å². The van der Waals surface area contributed by atoms with E-state index in [9.17, 15) is 8.78 Å². The maximum absolute atomic E-state index is 12.0. The second-order valence-corrected chi connectivity index (χ2v) is 3.31. The molecule has 1 aromatic heterocycles. The van der Waals surface area contributed by atoms with Gasteiger partial charge in [0.05, 0.1) is 6.20 Å². The molecule has 2 nitrogen and oxygen atoms in total. The number of nitrogens with zero attached hydrogens (tertiary/aromatic N) is 2. The van der Waals surface area contributed by atoms with E-state index in [1.54, 1.807) is 17.8 Å². The first-order valence-corrected chi connectivity index (χ1v) is 4.50. The molecule has 0 radical (unpaired) electrons. The molecule has 68 valence electrons. The minimum absolute atomic E-state index is 0.550. The van der Waals surface area contributed by atoms with Crippen molar-refractivity contribution in [3.05, 3.63) is 11.8 Å². The smallest absolute Gasteiger partial charge is 0.259 e. The normalized spacial score (nSPS) is 11.1. The highest BCUT2D eigenvalue weighted by Crippen LogP contribution is 2.27. The summed E-state index contributed by atoms with van der Waals surface area (Å²) in [4.78, 5) is 0. The minimum Gasteiger partial charge on any atom is -0.259 e. The Labute approximate surface area is 74.0 Å². The maximum Gasteiger partial charge on any atom is 0.290 e. The number of aryl methyl sites for hydroxylation is 2. The first kappa shape index (κ1) is 9.51. The van der Waals surface area contributed by atoms with Crippen molar-refractivity contribution < 1.29 is 8.78 Å². The van der Waals surface area contributed by atoms with Crippen LogP contribution in [-0.2, 0) is 6.54 Å². The lowest BCUT2D eigenvalue weighted by atomic mass is 10.4. The van der Waals surface area contributed by atoms with E-state index in [0.717, 1.165) is 5.56 Å². The highest BCUT2D eigenvalue weighted by atomic mass is 32.2. The fraction of sp³-hybridized carbons (Fsp3) is 0.571. The van der Waals surface area contributed by atoms with Crippen LogP contribution < -0.4 is 0 Å². The average Bonchev–Trinajstić information content (AvgIpc) is 2.32. The monoisotopic (exact) mass is 192 g/mol. The number of aromatic nitrogens is 2. The summed E-state index contributed by atoms with van der Waals surface area (Å²) < 4.78 is 25.6. The van der Waals surface area contributed by atoms with E-state index in [-0.39, 0.29) is 0 Å². The summed E-state index contributed by atoms with van der Waals surface area (Å²) in [5.41, 5.74) is 0.808. The van der Waals surface area contributed by atoms with Gasteiger partial charge in [-0.05, 0) is 25.6 Å². The zero-order chi connectivity index (χ0) is 9.14. The van der Waals surface area contributed by atoms with Gasteiger partial charge in [-0.25, -0.2) is 0 Å². The van der Waals surface area contributed by atoms with Gasteiger partial charge < -0.3 is 0 Å². The molecule has 12 heavy (non-hydrogen) atoms. The second kappa shape index (κ2) is 3.89. The number of hydrogen-bond donors (Lipinski definition) is 0. The molecule has 0 atom stereocenters. The van der Waals surface area contributed by atoms with Crippen molar-refractivity contribution in [2.24, 2.45) is 0 Å². The van der Waals surface area contributed by atoms with Crippen molar-refractivity contribution in [3.8, 4) is 0 Å². The minimum atomic E-state index is -2.37. The number of hydrogen-bond acceptors (Lipinski definition) is 2. The van der Waals surface area contributed by atoms with Crippen LogP contribution in [0.5, 0.6) is 0 Å². The molecule has 0 N–H and O–H groups in total. The Hall–Kier alpha value is -0.580. The molecule has 0 bridgehead atoms. The standard InChI is InChI=1S/C7H10F2N2S/c1-3-11-6(12-7(8)9)5(2)4-10-11/h4,7H,3H2,1-2H3. The van der Waals surface area contributed by atoms with Crippen LogP contribution in [0.1, 0.15) is 12.5 Å². The average molecular weight is 192 g/mol. The Morgan fingerprint density at radius 2 is 2.33 bits per heavy atom. The number of alkyl halides is 2. The van der Waals surface area contributed by atoms with E-state index >= 15 is 0 Å². The first-order valence-electron chi connectivity index (χ1n) is 3.62. The fourth-order valence-electron chi connectivity index (χ4n) is 0.931. The van der Waals surface area contributed by atoms with Crippen molar-refractivity contribution in [2.45, 2.75) is 31.2 Å². The molecule has 0 spiro atoms. The predicted octanol–water partition coefficient (Wildman–Crippen LogP) is 2.53. The Bertz CT molecular complexity index is 260. The van der Waals surface area contributed by atoms with E-state index in [4.69, 9.17) is 0 Å². The van der Waals surface area contributed by atoms with Crippen molar-refractivity contribution in [1.82, 2.24) is 9.78 Å². The van der Waals surface area contributed by atoms with Crippen LogP contribution in [0.3, 0.4) is 0 Å². The Balaban J connectivity index is 2.86. The molecule has 0 amide bonds. The molecular weight excluding hydrogens is 182 g/mol. The predicted molar refractivity (Wildman–Crippen MR) is 44.5 cm³/mol. The molecule has 0 aliphatic rings. The molecule has 0 fully saturated rings. The number of thioether (sulfide) groups is 1. The molecule has 1 heterocycles. The molecule has 1 rings (SSSR count). The lowest BCUT2D eigenvalue weighted by Crippen LogP contribution is -1.99. The zero-order valence-corrected chi connectivity index (χ0v) is 7.74. The second-order valence-electron chi connectivity index (χ2n) is 2.33. The van der Waals surface area contributed by atoms with Gasteiger partial charge in [-0.15, -0.1) is 0 Å². The van der Waals surface area contributed by atoms with E-state index in [0.29, 0.717) is 23.3 Å².